The molecule has 1 saturated carbocycles. The van der Waals surface area contributed by atoms with Crippen LogP contribution in [-0.2, 0) is 6.42 Å². The maximum atomic E-state index is 5.78. The summed E-state index contributed by atoms with van der Waals surface area (Å²) in [5, 5.41) is 3.42. The van der Waals surface area contributed by atoms with E-state index in [9.17, 15) is 0 Å². The lowest BCUT2D eigenvalue weighted by atomic mass is 10.2. The van der Waals surface area contributed by atoms with Crippen molar-refractivity contribution < 1.29 is 0 Å². The van der Waals surface area contributed by atoms with Gasteiger partial charge in [-0.15, -0.1) is 0 Å². The first-order chi connectivity index (χ1) is 6.64. The van der Waals surface area contributed by atoms with Crippen LogP contribution in [0.2, 0.25) is 0 Å². The van der Waals surface area contributed by atoms with Gasteiger partial charge in [-0.05, 0) is 26.2 Å². The van der Waals surface area contributed by atoms with Gasteiger partial charge in [0.1, 0.15) is 18.0 Å². The Balaban J connectivity index is 2.27. The first kappa shape index (κ1) is 9.24. The molecule has 0 bridgehead atoms. The topological polar surface area (TPSA) is 63.8 Å². The molecular formula is C10H16N4. The molecule has 1 aliphatic rings. The molecule has 1 aromatic rings. The first-order valence-electron chi connectivity index (χ1n) is 5.02. The van der Waals surface area contributed by atoms with Crippen LogP contribution < -0.4 is 11.1 Å². The second kappa shape index (κ2) is 3.12. The second-order valence-electron chi connectivity index (χ2n) is 4.13. The third-order valence-electron chi connectivity index (χ3n) is 2.75. The number of nitrogens with one attached hydrogen (secondary N) is 1. The summed E-state index contributed by atoms with van der Waals surface area (Å²) < 4.78 is 0. The standard InChI is InChI=1S/C10H16N4/c1-3-7-8(11)12-6-13-9(7)14-10(2)4-5-10/h6H,3-5H2,1-2H3,(H3,11,12,13,14). The van der Waals surface area contributed by atoms with Gasteiger partial charge in [0.05, 0.1) is 0 Å². The van der Waals surface area contributed by atoms with E-state index in [1.807, 2.05) is 0 Å². The largest absolute Gasteiger partial charge is 0.383 e. The number of hydrogen-bond acceptors (Lipinski definition) is 4. The minimum Gasteiger partial charge on any atom is -0.383 e. The van der Waals surface area contributed by atoms with Crippen LogP contribution in [0.5, 0.6) is 0 Å². The number of anilines is 2. The second-order valence-corrected chi connectivity index (χ2v) is 4.13. The minimum atomic E-state index is 0.241. The van der Waals surface area contributed by atoms with E-state index in [1.165, 1.54) is 19.2 Å². The number of nitrogens with zero attached hydrogens (tertiary/aromatic N) is 2. The summed E-state index contributed by atoms with van der Waals surface area (Å²) in [5.41, 5.74) is 7.05. The predicted octanol–water partition coefficient (Wildman–Crippen LogP) is 1.59. The molecule has 76 valence electrons. The summed E-state index contributed by atoms with van der Waals surface area (Å²) >= 11 is 0. The Kier molecular flexibility index (Phi) is 2.06. The number of rotatable bonds is 3. The van der Waals surface area contributed by atoms with Crippen molar-refractivity contribution in [3.05, 3.63) is 11.9 Å². The summed E-state index contributed by atoms with van der Waals surface area (Å²) in [6.45, 7) is 4.26. The lowest BCUT2D eigenvalue weighted by Gasteiger charge is -2.15. The zero-order valence-corrected chi connectivity index (χ0v) is 8.67. The summed E-state index contributed by atoms with van der Waals surface area (Å²) in [4.78, 5) is 8.22. The van der Waals surface area contributed by atoms with E-state index in [0.29, 0.717) is 5.82 Å². The molecular weight excluding hydrogens is 176 g/mol. The summed E-state index contributed by atoms with van der Waals surface area (Å²) in [5.74, 6) is 1.49. The van der Waals surface area contributed by atoms with Crippen LogP contribution in [-0.4, -0.2) is 15.5 Å². The molecule has 0 unspecified atom stereocenters. The third-order valence-corrected chi connectivity index (χ3v) is 2.75. The number of nitrogens with two attached hydrogens (primary N) is 1. The predicted molar refractivity (Wildman–Crippen MR) is 57.1 cm³/mol. The molecule has 1 aromatic heterocycles. The quantitative estimate of drug-likeness (QED) is 0.763. The van der Waals surface area contributed by atoms with Gasteiger partial charge in [-0.2, -0.15) is 0 Å². The highest BCUT2D eigenvalue weighted by Gasteiger charge is 2.37. The Morgan fingerprint density at radius 1 is 1.50 bits per heavy atom. The molecule has 0 radical (unpaired) electrons. The summed E-state index contributed by atoms with van der Waals surface area (Å²) in [6.07, 6.45) is 4.80. The highest BCUT2D eigenvalue weighted by atomic mass is 15.1. The number of hydrogen-bond donors (Lipinski definition) is 2. The average Bonchev–Trinajstić information content (AvgIpc) is 2.84. The summed E-state index contributed by atoms with van der Waals surface area (Å²) in [6, 6.07) is 0. The van der Waals surface area contributed by atoms with E-state index in [0.717, 1.165) is 17.8 Å². The first-order valence-corrected chi connectivity index (χ1v) is 5.02. The molecule has 0 spiro atoms. The van der Waals surface area contributed by atoms with Crippen molar-refractivity contribution in [3.8, 4) is 0 Å². The maximum absolute atomic E-state index is 5.78. The van der Waals surface area contributed by atoms with E-state index in [4.69, 9.17) is 5.73 Å². The van der Waals surface area contributed by atoms with Gasteiger partial charge in [0.15, 0.2) is 0 Å². The van der Waals surface area contributed by atoms with Crippen LogP contribution in [0.3, 0.4) is 0 Å². The third kappa shape index (κ3) is 1.64. The van der Waals surface area contributed by atoms with Crippen molar-refractivity contribution in [2.75, 3.05) is 11.1 Å². The van der Waals surface area contributed by atoms with Crippen molar-refractivity contribution in [1.82, 2.24) is 9.97 Å². The fraction of sp³-hybridized carbons (Fsp3) is 0.600. The number of aromatic nitrogens is 2. The fourth-order valence-electron chi connectivity index (χ4n) is 1.48. The van der Waals surface area contributed by atoms with Crippen LogP contribution in [0.4, 0.5) is 11.6 Å². The van der Waals surface area contributed by atoms with Crippen molar-refractivity contribution in [1.29, 1.82) is 0 Å². The molecule has 3 N–H and O–H groups in total. The van der Waals surface area contributed by atoms with Gasteiger partial charge in [0.25, 0.3) is 0 Å². The molecule has 0 atom stereocenters. The Morgan fingerprint density at radius 3 is 2.79 bits per heavy atom. The van der Waals surface area contributed by atoms with Gasteiger partial charge in [-0.3, -0.25) is 0 Å². The van der Waals surface area contributed by atoms with Crippen LogP contribution in [0.25, 0.3) is 0 Å². The van der Waals surface area contributed by atoms with Crippen LogP contribution in [0.15, 0.2) is 6.33 Å². The van der Waals surface area contributed by atoms with Crippen molar-refractivity contribution in [2.24, 2.45) is 0 Å². The SMILES string of the molecule is CCc1c(N)ncnc1NC1(C)CC1. The molecule has 1 fully saturated rings. The highest BCUT2D eigenvalue weighted by Crippen LogP contribution is 2.38. The lowest BCUT2D eigenvalue weighted by molar-refractivity contribution is 0.813. The van der Waals surface area contributed by atoms with Gasteiger partial charge >= 0.3 is 0 Å². The van der Waals surface area contributed by atoms with E-state index in [-0.39, 0.29) is 5.54 Å². The van der Waals surface area contributed by atoms with Crippen LogP contribution in [0.1, 0.15) is 32.3 Å². The van der Waals surface area contributed by atoms with Crippen molar-refractivity contribution >= 4 is 11.6 Å². The Hall–Kier alpha value is -1.32. The highest BCUT2D eigenvalue weighted by molar-refractivity contribution is 5.56. The Labute approximate surface area is 83.9 Å². The molecule has 1 heterocycles. The van der Waals surface area contributed by atoms with Gasteiger partial charge < -0.3 is 11.1 Å². The van der Waals surface area contributed by atoms with Gasteiger partial charge in [-0.1, -0.05) is 6.92 Å². The Morgan fingerprint density at radius 2 is 2.21 bits per heavy atom. The fourth-order valence-corrected chi connectivity index (χ4v) is 1.48. The minimum absolute atomic E-state index is 0.241. The van der Waals surface area contributed by atoms with Gasteiger partial charge in [0, 0.05) is 11.1 Å². The zero-order valence-electron chi connectivity index (χ0n) is 8.67. The van der Waals surface area contributed by atoms with Crippen molar-refractivity contribution in [2.45, 2.75) is 38.6 Å². The molecule has 0 amide bonds. The van der Waals surface area contributed by atoms with E-state index in [2.05, 4.69) is 29.1 Å². The molecule has 4 heteroatoms. The molecule has 0 saturated heterocycles. The molecule has 4 nitrogen and oxygen atoms in total. The van der Waals surface area contributed by atoms with Crippen LogP contribution in [0, 0.1) is 0 Å². The average molecular weight is 192 g/mol. The molecule has 0 aromatic carbocycles. The lowest BCUT2D eigenvalue weighted by Crippen LogP contribution is -2.19. The van der Waals surface area contributed by atoms with Crippen molar-refractivity contribution in [3.63, 3.8) is 0 Å². The van der Waals surface area contributed by atoms with E-state index in [1.54, 1.807) is 0 Å². The molecule has 0 aliphatic heterocycles. The van der Waals surface area contributed by atoms with Gasteiger partial charge in [-0.25, -0.2) is 9.97 Å². The van der Waals surface area contributed by atoms with E-state index < -0.39 is 0 Å². The number of nitrogen functional groups attached to an aromatic ring is 1. The maximum Gasteiger partial charge on any atom is 0.135 e. The van der Waals surface area contributed by atoms with Crippen LogP contribution >= 0.6 is 0 Å². The smallest absolute Gasteiger partial charge is 0.135 e. The molecule has 14 heavy (non-hydrogen) atoms. The normalized spacial score (nSPS) is 17.9. The summed E-state index contributed by atoms with van der Waals surface area (Å²) in [7, 11) is 0. The zero-order chi connectivity index (χ0) is 10.2. The molecule has 2 rings (SSSR count). The molecule has 1 aliphatic carbocycles. The van der Waals surface area contributed by atoms with Gasteiger partial charge in [0.2, 0.25) is 0 Å². The van der Waals surface area contributed by atoms with E-state index >= 15 is 0 Å². The Bertz CT molecular complexity index is 344. The monoisotopic (exact) mass is 192 g/mol.